The molecular formula is C14H14FN3O. The van der Waals surface area contributed by atoms with E-state index in [0.29, 0.717) is 30.4 Å². The lowest BCUT2D eigenvalue weighted by atomic mass is 10.1. The second-order valence-corrected chi connectivity index (χ2v) is 4.32. The Morgan fingerprint density at radius 1 is 1.11 bits per heavy atom. The van der Waals surface area contributed by atoms with Gasteiger partial charge in [-0.1, -0.05) is 12.1 Å². The van der Waals surface area contributed by atoms with E-state index in [0.717, 1.165) is 13.1 Å². The van der Waals surface area contributed by atoms with E-state index in [4.69, 9.17) is 4.74 Å². The van der Waals surface area contributed by atoms with Crippen LogP contribution < -0.4 is 4.90 Å². The Kier molecular flexibility index (Phi) is 3.37. The molecule has 3 rings (SSSR count). The highest BCUT2D eigenvalue weighted by molar-refractivity contribution is 5.60. The summed E-state index contributed by atoms with van der Waals surface area (Å²) in [7, 11) is 0. The molecule has 4 nitrogen and oxygen atoms in total. The van der Waals surface area contributed by atoms with E-state index < -0.39 is 0 Å². The fourth-order valence-corrected chi connectivity index (χ4v) is 2.08. The zero-order valence-corrected chi connectivity index (χ0v) is 10.4. The van der Waals surface area contributed by atoms with Gasteiger partial charge < -0.3 is 9.64 Å². The van der Waals surface area contributed by atoms with Crippen molar-refractivity contribution in [1.29, 1.82) is 0 Å². The number of aromatic nitrogens is 2. The van der Waals surface area contributed by atoms with Gasteiger partial charge in [-0.15, -0.1) is 0 Å². The lowest BCUT2D eigenvalue weighted by Gasteiger charge is -2.26. The Labute approximate surface area is 110 Å². The van der Waals surface area contributed by atoms with Crippen LogP contribution in [0.1, 0.15) is 0 Å². The summed E-state index contributed by atoms with van der Waals surface area (Å²) in [6.45, 7) is 2.88. The number of halogens is 1. The summed E-state index contributed by atoms with van der Waals surface area (Å²) in [4.78, 5) is 10.8. The van der Waals surface area contributed by atoms with Crippen molar-refractivity contribution in [3.8, 4) is 11.3 Å². The van der Waals surface area contributed by atoms with Crippen molar-refractivity contribution in [2.45, 2.75) is 0 Å². The molecule has 1 aliphatic rings. The van der Waals surface area contributed by atoms with Crippen molar-refractivity contribution in [3.63, 3.8) is 0 Å². The summed E-state index contributed by atoms with van der Waals surface area (Å²) in [5.74, 6) is 0.359. The van der Waals surface area contributed by atoms with E-state index in [2.05, 4.69) is 9.97 Å². The van der Waals surface area contributed by atoms with Gasteiger partial charge in [0, 0.05) is 24.8 Å². The second-order valence-electron chi connectivity index (χ2n) is 4.32. The van der Waals surface area contributed by atoms with E-state index >= 15 is 0 Å². The fourth-order valence-electron chi connectivity index (χ4n) is 2.08. The SMILES string of the molecule is Fc1ccccc1-c1ccnc(N2CCOCC2)n1. The highest BCUT2D eigenvalue weighted by atomic mass is 19.1. The number of anilines is 1. The lowest BCUT2D eigenvalue weighted by Crippen LogP contribution is -2.37. The van der Waals surface area contributed by atoms with E-state index in [1.54, 1.807) is 30.5 Å². The van der Waals surface area contributed by atoms with Crippen molar-refractivity contribution in [1.82, 2.24) is 9.97 Å². The number of benzene rings is 1. The third kappa shape index (κ3) is 2.56. The average Bonchev–Trinajstić information content (AvgIpc) is 2.49. The number of hydrogen-bond donors (Lipinski definition) is 0. The zero-order chi connectivity index (χ0) is 13.1. The van der Waals surface area contributed by atoms with Gasteiger partial charge in [0.2, 0.25) is 5.95 Å². The summed E-state index contributed by atoms with van der Waals surface area (Å²) in [5, 5.41) is 0. The Bertz CT molecular complexity index is 570. The smallest absolute Gasteiger partial charge is 0.226 e. The van der Waals surface area contributed by atoms with Gasteiger partial charge in [0.05, 0.1) is 18.9 Å². The number of nitrogens with zero attached hydrogens (tertiary/aromatic N) is 3. The monoisotopic (exact) mass is 259 g/mol. The molecule has 0 unspecified atom stereocenters. The van der Waals surface area contributed by atoms with Crippen LogP contribution in [0.25, 0.3) is 11.3 Å². The van der Waals surface area contributed by atoms with Gasteiger partial charge >= 0.3 is 0 Å². The predicted octanol–water partition coefficient (Wildman–Crippen LogP) is 2.12. The highest BCUT2D eigenvalue weighted by Crippen LogP contribution is 2.22. The molecule has 1 saturated heterocycles. The number of rotatable bonds is 2. The van der Waals surface area contributed by atoms with Crippen LogP contribution in [0.5, 0.6) is 0 Å². The number of morpholine rings is 1. The molecule has 2 aromatic rings. The summed E-state index contributed by atoms with van der Waals surface area (Å²) < 4.78 is 19.1. The van der Waals surface area contributed by atoms with Crippen LogP contribution in [0.2, 0.25) is 0 Å². The van der Waals surface area contributed by atoms with Crippen molar-refractivity contribution < 1.29 is 9.13 Å². The molecule has 1 fully saturated rings. The molecule has 2 heterocycles. The molecule has 0 amide bonds. The molecule has 19 heavy (non-hydrogen) atoms. The Morgan fingerprint density at radius 2 is 1.89 bits per heavy atom. The van der Waals surface area contributed by atoms with Gasteiger partial charge in [-0.05, 0) is 18.2 Å². The topological polar surface area (TPSA) is 38.2 Å². The number of ether oxygens (including phenoxy) is 1. The van der Waals surface area contributed by atoms with Gasteiger partial charge in [-0.25, -0.2) is 14.4 Å². The third-order valence-corrected chi connectivity index (χ3v) is 3.09. The minimum Gasteiger partial charge on any atom is -0.378 e. The highest BCUT2D eigenvalue weighted by Gasteiger charge is 2.15. The van der Waals surface area contributed by atoms with Crippen molar-refractivity contribution >= 4 is 5.95 Å². The first-order chi connectivity index (χ1) is 9.34. The van der Waals surface area contributed by atoms with E-state index in [9.17, 15) is 4.39 Å². The minimum atomic E-state index is -0.269. The van der Waals surface area contributed by atoms with Crippen molar-refractivity contribution in [2.75, 3.05) is 31.2 Å². The molecule has 0 atom stereocenters. The molecule has 1 aliphatic heterocycles. The quantitative estimate of drug-likeness (QED) is 0.828. The molecule has 0 radical (unpaired) electrons. The largest absolute Gasteiger partial charge is 0.378 e. The molecule has 0 spiro atoms. The van der Waals surface area contributed by atoms with Crippen LogP contribution in [0.15, 0.2) is 36.5 Å². The van der Waals surface area contributed by atoms with Crippen LogP contribution >= 0.6 is 0 Å². The fraction of sp³-hybridized carbons (Fsp3) is 0.286. The molecule has 1 aromatic carbocycles. The summed E-state index contributed by atoms with van der Waals surface area (Å²) in [6.07, 6.45) is 1.67. The molecular weight excluding hydrogens is 245 g/mol. The summed E-state index contributed by atoms with van der Waals surface area (Å²) in [6, 6.07) is 8.35. The predicted molar refractivity (Wildman–Crippen MR) is 70.5 cm³/mol. The first kappa shape index (κ1) is 12.0. The Balaban J connectivity index is 1.93. The van der Waals surface area contributed by atoms with Crippen molar-refractivity contribution in [3.05, 3.63) is 42.3 Å². The maximum Gasteiger partial charge on any atom is 0.226 e. The van der Waals surface area contributed by atoms with Crippen LogP contribution in [-0.2, 0) is 4.74 Å². The molecule has 98 valence electrons. The zero-order valence-electron chi connectivity index (χ0n) is 10.4. The molecule has 0 bridgehead atoms. The van der Waals surface area contributed by atoms with Crippen LogP contribution in [0, 0.1) is 5.82 Å². The maximum atomic E-state index is 13.8. The average molecular weight is 259 g/mol. The standard InChI is InChI=1S/C14H14FN3O/c15-12-4-2-1-3-11(12)13-5-6-16-14(17-13)18-7-9-19-10-8-18/h1-6H,7-10H2. The van der Waals surface area contributed by atoms with Gasteiger partial charge in [-0.3, -0.25) is 0 Å². The van der Waals surface area contributed by atoms with Gasteiger partial charge in [-0.2, -0.15) is 0 Å². The third-order valence-electron chi connectivity index (χ3n) is 3.09. The molecule has 0 N–H and O–H groups in total. The lowest BCUT2D eigenvalue weighted by molar-refractivity contribution is 0.122. The normalized spacial score (nSPS) is 15.5. The summed E-state index contributed by atoms with van der Waals surface area (Å²) in [5.41, 5.74) is 1.11. The minimum absolute atomic E-state index is 0.269. The Hall–Kier alpha value is -2.01. The summed E-state index contributed by atoms with van der Waals surface area (Å²) >= 11 is 0. The first-order valence-electron chi connectivity index (χ1n) is 6.25. The van der Waals surface area contributed by atoms with Crippen LogP contribution in [0.3, 0.4) is 0 Å². The second kappa shape index (κ2) is 5.32. The van der Waals surface area contributed by atoms with E-state index in [-0.39, 0.29) is 5.82 Å². The molecule has 0 aliphatic carbocycles. The molecule has 1 aromatic heterocycles. The van der Waals surface area contributed by atoms with Gasteiger partial charge in [0.25, 0.3) is 0 Å². The van der Waals surface area contributed by atoms with Gasteiger partial charge in [0.1, 0.15) is 5.82 Å². The van der Waals surface area contributed by atoms with E-state index in [1.165, 1.54) is 6.07 Å². The first-order valence-corrected chi connectivity index (χ1v) is 6.25. The number of hydrogen-bond acceptors (Lipinski definition) is 4. The maximum absolute atomic E-state index is 13.8. The molecule has 0 saturated carbocycles. The van der Waals surface area contributed by atoms with Crippen molar-refractivity contribution in [2.24, 2.45) is 0 Å². The van der Waals surface area contributed by atoms with Crippen LogP contribution in [-0.4, -0.2) is 36.3 Å². The van der Waals surface area contributed by atoms with Crippen LogP contribution in [0.4, 0.5) is 10.3 Å². The van der Waals surface area contributed by atoms with Gasteiger partial charge in [0.15, 0.2) is 0 Å². The van der Waals surface area contributed by atoms with E-state index in [1.807, 2.05) is 4.90 Å². The Morgan fingerprint density at radius 3 is 2.68 bits per heavy atom. The molecule has 5 heteroatoms.